The fourth-order valence-corrected chi connectivity index (χ4v) is 4.27. The van der Waals surface area contributed by atoms with E-state index in [4.69, 9.17) is 56.8 Å². The van der Waals surface area contributed by atoms with Gasteiger partial charge >= 0.3 is 5.97 Å². The minimum Gasteiger partial charge on any atom is -0.463 e. The summed E-state index contributed by atoms with van der Waals surface area (Å²) in [5, 5.41) is 0. The lowest BCUT2D eigenvalue weighted by Crippen LogP contribution is -2.15. The summed E-state index contributed by atoms with van der Waals surface area (Å²) in [5.41, 5.74) is 0. The van der Waals surface area contributed by atoms with Crippen LogP contribution >= 0.6 is 0 Å². The van der Waals surface area contributed by atoms with Crippen LogP contribution in [0.5, 0.6) is 0 Å². The zero-order valence-corrected chi connectivity index (χ0v) is 31.8. The molecule has 0 saturated carbocycles. The molecule has 0 aromatic heterocycles. The Hall–Kier alpha value is -0.970. The van der Waals surface area contributed by atoms with E-state index in [9.17, 15) is 4.79 Å². The van der Waals surface area contributed by atoms with E-state index in [1.54, 1.807) is 0 Å². The van der Waals surface area contributed by atoms with E-state index in [1.165, 1.54) is 44.9 Å². The van der Waals surface area contributed by atoms with Gasteiger partial charge in [-0.05, 0) is 12.8 Å². The number of hydrogen-bond donors (Lipinski definition) is 0. The molecule has 0 saturated heterocycles. The third kappa shape index (κ3) is 45.1. The lowest BCUT2D eigenvalue weighted by atomic mass is 10.1. The van der Waals surface area contributed by atoms with Gasteiger partial charge in [0.25, 0.3) is 0 Å². The summed E-state index contributed by atoms with van der Waals surface area (Å²) in [6.45, 7) is 16.3. The minimum absolute atomic E-state index is 0.140. The van der Waals surface area contributed by atoms with Crippen LogP contribution < -0.4 is 0 Å². The van der Waals surface area contributed by atoms with Gasteiger partial charge in [-0.25, -0.2) is 0 Å². The van der Waals surface area contributed by atoms with Gasteiger partial charge in [0.2, 0.25) is 0 Å². The van der Waals surface area contributed by atoms with Crippen molar-refractivity contribution in [2.75, 3.05) is 152 Å². The Labute approximate surface area is 303 Å². The summed E-state index contributed by atoms with van der Waals surface area (Å²) in [6.07, 6.45) is 12.3. The molecule has 0 aliphatic heterocycles. The molecule has 0 spiro atoms. The van der Waals surface area contributed by atoms with Crippen molar-refractivity contribution in [2.45, 2.75) is 84.5 Å². The summed E-state index contributed by atoms with van der Waals surface area (Å²) in [4.78, 5) is 11.7. The monoisotopic (exact) mass is 727 g/mol. The molecule has 13 nitrogen and oxygen atoms in total. The fraction of sp³-hybridized carbons (Fsp3) is 0.973. The van der Waals surface area contributed by atoms with Gasteiger partial charge in [-0.3, -0.25) is 4.79 Å². The van der Waals surface area contributed by atoms with Gasteiger partial charge in [0.05, 0.1) is 139 Å². The zero-order valence-electron chi connectivity index (χ0n) is 31.8. The number of unbranched alkanes of at least 4 members (excludes halogenated alkanes) is 8. The van der Waals surface area contributed by atoms with Crippen molar-refractivity contribution < 1.29 is 61.6 Å². The molecule has 0 bridgehead atoms. The summed E-state index contributed by atoms with van der Waals surface area (Å²) < 4.78 is 65.5. The SMILES string of the molecule is CCCCCCCCCC(=O)OCCOCCOCCOCCOCCOCCOCCOCCOCCOCCOCCOCCCCC. The van der Waals surface area contributed by atoms with Crippen LogP contribution in [0.15, 0.2) is 0 Å². The minimum atomic E-state index is -0.140. The second-order valence-corrected chi connectivity index (χ2v) is 11.5. The summed E-state index contributed by atoms with van der Waals surface area (Å²) in [5.74, 6) is -0.140. The van der Waals surface area contributed by atoms with Crippen molar-refractivity contribution in [1.29, 1.82) is 0 Å². The van der Waals surface area contributed by atoms with E-state index in [-0.39, 0.29) is 12.6 Å². The number of ether oxygens (including phenoxy) is 12. The predicted octanol–water partition coefficient (Wildman–Crippen LogP) is 5.04. The smallest absolute Gasteiger partial charge is 0.305 e. The number of hydrogen-bond acceptors (Lipinski definition) is 13. The molecule has 0 N–H and O–H groups in total. The average molecular weight is 727 g/mol. The van der Waals surface area contributed by atoms with Crippen molar-refractivity contribution in [3.05, 3.63) is 0 Å². The summed E-state index contributed by atoms with van der Waals surface area (Å²) in [6, 6.07) is 0. The molecule has 0 aromatic rings. The quantitative estimate of drug-likeness (QED) is 0.0615. The molecule has 0 amide bonds. The standard InChI is InChI=1S/C37H74O13/c1-3-5-7-8-9-10-11-13-37(38)50-36-35-49-34-33-48-32-31-47-30-29-46-28-27-45-26-25-44-24-23-43-22-21-42-20-19-41-18-17-40-16-15-39-14-12-6-4-2/h3-36H2,1-2H3. The Kier molecular flexibility index (Phi) is 45.2. The molecule has 0 atom stereocenters. The van der Waals surface area contributed by atoms with Crippen LogP contribution in [0.4, 0.5) is 0 Å². The first-order valence-electron chi connectivity index (χ1n) is 19.3. The summed E-state index contributed by atoms with van der Waals surface area (Å²) in [7, 11) is 0. The first kappa shape index (κ1) is 49.0. The third-order valence-corrected chi connectivity index (χ3v) is 7.09. The Morgan fingerprint density at radius 2 is 0.520 bits per heavy atom. The highest BCUT2D eigenvalue weighted by Crippen LogP contribution is 2.08. The van der Waals surface area contributed by atoms with E-state index in [0.717, 1.165) is 25.9 Å². The van der Waals surface area contributed by atoms with Crippen LogP contribution in [0.3, 0.4) is 0 Å². The van der Waals surface area contributed by atoms with Crippen LogP contribution in [-0.4, -0.2) is 158 Å². The molecule has 13 heteroatoms. The van der Waals surface area contributed by atoms with Gasteiger partial charge < -0.3 is 56.8 Å². The van der Waals surface area contributed by atoms with Gasteiger partial charge in [0, 0.05) is 13.0 Å². The Balaban J connectivity index is 3.09. The van der Waals surface area contributed by atoms with Crippen LogP contribution in [0.1, 0.15) is 84.5 Å². The molecule has 0 radical (unpaired) electrons. The Morgan fingerprint density at radius 3 is 0.840 bits per heavy atom. The maximum Gasteiger partial charge on any atom is 0.305 e. The summed E-state index contributed by atoms with van der Waals surface area (Å²) >= 11 is 0. The third-order valence-electron chi connectivity index (χ3n) is 7.09. The molecule has 0 rings (SSSR count). The number of rotatable bonds is 45. The number of carbonyl (C=O) groups is 1. The molecular formula is C37H74O13. The lowest BCUT2D eigenvalue weighted by molar-refractivity contribution is -0.145. The van der Waals surface area contributed by atoms with Crippen LogP contribution in [0, 0.1) is 0 Å². The molecule has 0 heterocycles. The van der Waals surface area contributed by atoms with E-state index in [0.29, 0.717) is 145 Å². The number of esters is 1. The molecule has 300 valence electrons. The van der Waals surface area contributed by atoms with Crippen molar-refractivity contribution >= 4 is 5.97 Å². The first-order chi connectivity index (χ1) is 24.8. The molecule has 0 fully saturated rings. The van der Waals surface area contributed by atoms with Gasteiger partial charge in [-0.15, -0.1) is 0 Å². The predicted molar refractivity (Wildman–Crippen MR) is 192 cm³/mol. The van der Waals surface area contributed by atoms with Gasteiger partial charge in [0.15, 0.2) is 0 Å². The fourth-order valence-electron chi connectivity index (χ4n) is 4.27. The second-order valence-electron chi connectivity index (χ2n) is 11.5. The maximum atomic E-state index is 11.7. The van der Waals surface area contributed by atoms with Crippen molar-refractivity contribution in [3.63, 3.8) is 0 Å². The lowest BCUT2D eigenvalue weighted by Gasteiger charge is -2.09. The van der Waals surface area contributed by atoms with Crippen LogP contribution in [0.2, 0.25) is 0 Å². The Bertz CT molecular complexity index is 630. The van der Waals surface area contributed by atoms with E-state index in [1.807, 2.05) is 0 Å². The van der Waals surface area contributed by atoms with Crippen molar-refractivity contribution in [2.24, 2.45) is 0 Å². The van der Waals surface area contributed by atoms with Crippen molar-refractivity contribution in [1.82, 2.24) is 0 Å². The maximum absolute atomic E-state index is 11.7. The molecular weight excluding hydrogens is 652 g/mol. The zero-order chi connectivity index (χ0) is 36.1. The topological polar surface area (TPSA) is 128 Å². The van der Waals surface area contributed by atoms with Crippen molar-refractivity contribution in [3.8, 4) is 0 Å². The van der Waals surface area contributed by atoms with Crippen LogP contribution in [-0.2, 0) is 61.6 Å². The van der Waals surface area contributed by atoms with Crippen LogP contribution in [0.25, 0.3) is 0 Å². The molecule has 50 heavy (non-hydrogen) atoms. The first-order valence-corrected chi connectivity index (χ1v) is 19.3. The highest BCUT2D eigenvalue weighted by molar-refractivity contribution is 5.69. The molecule has 0 aliphatic carbocycles. The van der Waals surface area contributed by atoms with Gasteiger partial charge in [0.1, 0.15) is 6.61 Å². The number of carbonyl (C=O) groups excluding carboxylic acids is 1. The second kappa shape index (κ2) is 46.1. The molecule has 0 aromatic carbocycles. The van der Waals surface area contributed by atoms with Gasteiger partial charge in [-0.1, -0.05) is 65.2 Å². The van der Waals surface area contributed by atoms with Gasteiger partial charge in [-0.2, -0.15) is 0 Å². The van der Waals surface area contributed by atoms with E-state index >= 15 is 0 Å². The normalized spacial score (nSPS) is 11.5. The largest absolute Gasteiger partial charge is 0.463 e. The highest BCUT2D eigenvalue weighted by Gasteiger charge is 2.03. The average Bonchev–Trinajstić information content (AvgIpc) is 3.12. The highest BCUT2D eigenvalue weighted by atomic mass is 16.6. The molecule has 0 aliphatic rings. The van der Waals surface area contributed by atoms with E-state index in [2.05, 4.69) is 13.8 Å². The molecule has 0 unspecified atom stereocenters. The van der Waals surface area contributed by atoms with E-state index < -0.39 is 0 Å². The Morgan fingerprint density at radius 1 is 0.280 bits per heavy atom.